The third kappa shape index (κ3) is 6.01. The molecule has 8 heteroatoms. The molecular formula is C20H22N2O6. The Kier molecular flexibility index (Phi) is 7.83. The van der Waals surface area contributed by atoms with Gasteiger partial charge < -0.3 is 18.9 Å². The van der Waals surface area contributed by atoms with Crippen molar-refractivity contribution in [2.45, 2.75) is 6.92 Å². The fourth-order valence-corrected chi connectivity index (χ4v) is 2.18. The third-order valence-corrected chi connectivity index (χ3v) is 3.57. The van der Waals surface area contributed by atoms with E-state index in [1.54, 1.807) is 56.5 Å². The van der Waals surface area contributed by atoms with Gasteiger partial charge in [0.1, 0.15) is 17.2 Å². The van der Waals surface area contributed by atoms with Crippen molar-refractivity contribution in [2.75, 3.05) is 27.4 Å². The lowest BCUT2D eigenvalue weighted by Crippen LogP contribution is -2.24. The first-order chi connectivity index (χ1) is 13.6. The van der Waals surface area contributed by atoms with Gasteiger partial charge in [0.25, 0.3) is 5.91 Å². The van der Waals surface area contributed by atoms with Gasteiger partial charge in [0.05, 0.1) is 32.6 Å². The zero-order valence-corrected chi connectivity index (χ0v) is 15.9. The summed E-state index contributed by atoms with van der Waals surface area (Å²) in [5, 5.41) is 3.89. The average molecular weight is 386 g/mol. The van der Waals surface area contributed by atoms with Gasteiger partial charge in [0, 0.05) is 11.6 Å². The van der Waals surface area contributed by atoms with Crippen molar-refractivity contribution in [1.29, 1.82) is 0 Å². The van der Waals surface area contributed by atoms with E-state index in [0.29, 0.717) is 35.0 Å². The second kappa shape index (κ2) is 10.6. The number of esters is 1. The van der Waals surface area contributed by atoms with Crippen LogP contribution in [-0.4, -0.2) is 45.5 Å². The van der Waals surface area contributed by atoms with E-state index >= 15 is 0 Å². The van der Waals surface area contributed by atoms with Crippen molar-refractivity contribution < 1.29 is 28.5 Å². The molecular weight excluding hydrogens is 364 g/mol. The topological polar surface area (TPSA) is 95.5 Å². The molecule has 0 saturated heterocycles. The van der Waals surface area contributed by atoms with Gasteiger partial charge >= 0.3 is 5.97 Å². The van der Waals surface area contributed by atoms with Crippen molar-refractivity contribution in [3.05, 3.63) is 53.6 Å². The highest BCUT2D eigenvalue weighted by molar-refractivity contribution is 5.89. The summed E-state index contributed by atoms with van der Waals surface area (Å²) in [6.07, 6.45) is 1.46. The number of hydrogen-bond donors (Lipinski definition) is 1. The molecule has 0 bridgehead atoms. The van der Waals surface area contributed by atoms with Crippen LogP contribution in [0, 0.1) is 0 Å². The van der Waals surface area contributed by atoms with Gasteiger partial charge in [-0.25, -0.2) is 10.2 Å². The van der Waals surface area contributed by atoms with Crippen molar-refractivity contribution in [3.63, 3.8) is 0 Å². The first-order valence-electron chi connectivity index (χ1n) is 8.51. The SMILES string of the molecule is CCOC(=O)c1ccc(OCC(=O)N/N=C/c2ccc(OC)cc2OC)cc1. The van der Waals surface area contributed by atoms with Crippen molar-refractivity contribution in [2.24, 2.45) is 5.10 Å². The summed E-state index contributed by atoms with van der Waals surface area (Å²) in [7, 11) is 3.10. The van der Waals surface area contributed by atoms with E-state index in [2.05, 4.69) is 10.5 Å². The van der Waals surface area contributed by atoms with E-state index < -0.39 is 11.9 Å². The highest BCUT2D eigenvalue weighted by Crippen LogP contribution is 2.23. The molecule has 0 heterocycles. The zero-order valence-electron chi connectivity index (χ0n) is 15.9. The van der Waals surface area contributed by atoms with Gasteiger partial charge in [-0.15, -0.1) is 0 Å². The lowest BCUT2D eigenvalue weighted by Gasteiger charge is -2.07. The predicted octanol–water partition coefficient (Wildman–Crippen LogP) is 2.41. The number of methoxy groups -OCH3 is 2. The monoisotopic (exact) mass is 386 g/mol. The van der Waals surface area contributed by atoms with E-state index in [-0.39, 0.29) is 6.61 Å². The van der Waals surface area contributed by atoms with Crippen LogP contribution in [-0.2, 0) is 9.53 Å². The molecule has 0 aliphatic carbocycles. The number of carbonyl (C=O) groups excluding carboxylic acids is 2. The summed E-state index contributed by atoms with van der Waals surface area (Å²) in [6.45, 7) is 1.82. The highest BCUT2D eigenvalue weighted by atomic mass is 16.5. The molecule has 0 saturated carbocycles. The summed E-state index contributed by atoms with van der Waals surface area (Å²) in [5.74, 6) is 0.827. The normalized spacial score (nSPS) is 10.4. The quantitative estimate of drug-likeness (QED) is 0.404. The van der Waals surface area contributed by atoms with Gasteiger partial charge in [0.15, 0.2) is 6.61 Å². The Morgan fingerprint density at radius 1 is 1.04 bits per heavy atom. The summed E-state index contributed by atoms with van der Waals surface area (Å²) in [6, 6.07) is 11.5. The number of amides is 1. The number of hydrogen-bond acceptors (Lipinski definition) is 7. The van der Waals surface area contributed by atoms with Crippen LogP contribution in [0.15, 0.2) is 47.6 Å². The number of ether oxygens (including phenoxy) is 4. The Hall–Kier alpha value is -3.55. The Morgan fingerprint density at radius 3 is 2.39 bits per heavy atom. The second-order valence-corrected chi connectivity index (χ2v) is 5.43. The fourth-order valence-electron chi connectivity index (χ4n) is 2.18. The minimum atomic E-state index is -0.432. The summed E-state index contributed by atoms with van der Waals surface area (Å²) >= 11 is 0. The number of benzene rings is 2. The van der Waals surface area contributed by atoms with Crippen LogP contribution in [0.1, 0.15) is 22.8 Å². The van der Waals surface area contributed by atoms with Crippen LogP contribution in [0.3, 0.4) is 0 Å². The minimum Gasteiger partial charge on any atom is -0.497 e. The Morgan fingerprint density at radius 2 is 1.75 bits per heavy atom. The largest absolute Gasteiger partial charge is 0.497 e. The lowest BCUT2D eigenvalue weighted by molar-refractivity contribution is -0.123. The van der Waals surface area contributed by atoms with Gasteiger partial charge in [0.2, 0.25) is 0 Å². The molecule has 1 N–H and O–H groups in total. The second-order valence-electron chi connectivity index (χ2n) is 5.43. The third-order valence-electron chi connectivity index (χ3n) is 3.57. The number of carbonyl (C=O) groups is 2. The van der Waals surface area contributed by atoms with Crippen molar-refractivity contribution in [3.8, 4) is 17.2 Å². The van der Waals surface area contributed by atoms with Crippen LogP contribution in [0.2, 0.25) is 0 Å². The van der Waals surface area contributed by atoms with E-state index in [1.165, 1.54) is 13.3 Å². The molecule has 1 amide bonds. The molecule has 0 fully saturated rings. The molecule has 0 atom stereocenters. The number of nitrogens with zero attached hydrogens (tertiary/aromatic N) is 1. The van der Waals surface area contributed by atoms with E-state index in [9.17, 15) is 9.59 Å². The van der Waals surface area contributed by atoms with Gasteiger partial charge in [-0.2, -0.15) is 5.10 Å². The number of rotatable bonds is 9. The standard InChI is InChI=1S/C20H22N2O6/c1-4-27-20(24)14-5-8-16(9-6-14)28-13-19(23)22-21-12-15-7-10-17(25-2)11-18(15)26-3/h5-12H,4,13H2,1-3H3,(H,22,23)/b21-12+. The minimum absolute atomic E-state index is 0.226. The lowest BCUT2D eigenvalue weighted by atomic mass is 10.2. The summed E-state index contributed by atoms with van der Waals surface area (Å²) < 4.78 is 20.6. The van der Waals surface area contributed by atoms with E-state index in [0.717, 1.165) is 0 Å². The van der Waals surface area contributed by atoms with Gasteiger partial charge in [-0.05, 0) is 43.3 Å². The summed E-state index contributed by atoms with van der Waals surface area (Å²) in [4.78, 5) is 23.4. The Balaban J connectivity index is 1.84. The first kappa shape index (κ1) is 20.8. The summed E-state index contributed by atoms with van der Waals surface area (Å²) in [5.41, 5.74) is 3.47. The molecule has 148 valence electrons. The van der Waals surface area contributed by atoms with E-state index in [1.807, 2.05) is 0 Å². The van der Waals surface area contributed by atoms with Crippen LogP contribution in [0.25, 0.3) is 0 Å². The van der Waals surface area contributed by atoms with Gasteiger partial charge in [-0.1, -0.05) is 0 Å². The van der Waals surface area contributed by atoms with Crippen LogP contribution in [0.5, 0.6) is 17.2 Å². The predicted molar refractivity (Wildman–Crippen MR) is 103 cm³/mol. The maximum absolute atomic E-state index is 11.8. The van der Waals surface area contributed by atoms with Crippen molar-refractivity contribution >= 4 is 18.1 Å². The molecule has 0 aliphatic heterocycles. The molecule has 0 aliphatic rings. The average Bonchev–Trinajstić information content (AvgIpc) is 2.73. The number of nitrogens with one attached hydrogen (secondary N) is 1. The van der Waals surface area contributed by atoms with E-state index in [4.69, 9.17) is 18.9 Å². The molecule has 8 nitrogen and oxygen atoms in total. The molecule has 0 unspecified atom stereocenters. The molecule has 0 radical (unpaired) electrons. The highest BCUT2D eigenvalue weighted by Gasteiger charge is 2.07. The van der Waals surface area contributed by atoms with Crippen molar-refractivity contribution in [1.82, 2.24) is 5.43 Å². The molecule has 2 aromatic carbocycles. The maximum Gasteiger partial charge on any atom is 0.338 e. The smallest absolute Gasteiger partial charge is 0.338 e. The zero-order chi connectivity index (χ0) is 20.4. The van der Waals surface area contributed by atoms with Crippen LogP contribution >= 0.6 is 0 Å². The first-order valence-corrected chi connectivity index (χ1v) is 8.51. The molecule has 2 rings (SSSR count). The van der Waals surface area contributed by atoms with Gasteiger partial charge in [-0.3, -0.25) is 4.79 Å². The molecule has 0 spiro atoms. The fraction of sp³-hybridized carbons (Fsp3) is 0.250. The Labute approximate surface area is 163 Å². The maximum atomic E-state index is 11.8. The van der Waals surface area contributed by atoms with Crippen LogP contribution < -0.4 is 19.6 Å². The number of hydrazone groups is 1. The Bertz CT molecular complexity index is 833. The van der Waals surface area contributed by atoms with Crippen LogP contribution in [0.4, 0.5) is 0 Å². The molecule has 0 aromatic heterocycles. The molecule has 28 heavy (non-hydrogen) atoms. The molecule has 2 aromatic rings.